The summed E-state index contributed by atoms with van der Waals surface area (Å²) in [6.45, 7) is 4.17. The molecule has 20 heavy (non-hydrogen) atoms. The number of nitrogens with zero attached hydrogens (tertiary/aromatic N) is 1. The first-order chi connectivity index (χ1) is 9.60. The molecule has 1 heterocycles. The Labute approximate surface area is 122 Å². The number of aromatic amines is 1. The number of nitrogens with one attached hydrogen (secondary N) is 1. The van der Waals surface area contributed by atoms with Crippen LogP contribution in [0.3, 0.4) is 0 Å². The summed E-state index contributed by atoms with van der Waals surface area (Å²) in [4.78, 5) is 18.1. The fourth-order valence-electron chi connectivity index (χ4n) is 1.91. The minimum atomic E-state index is -0.143. The number of hydrogen-bond acceptors (Lipinski definition) is 4. The maximum Gasteiger partial charge on any atom is 0.251 e. The summed E-state index contributed by atoms with van der Waals surface area (Å²) in [6.07, 6.45) is 2.53. The highest BCUT2D eigenvalue weighted by molar-refractivity contribution is 7.99. The first-order valence-electron chi connectivity index (χ1n) is 6.66. The van der Waals surface area contributed by atoms with Gasteiger partial charge in [-0.25, -0.2) is 4.98 Å². The van der Waals surface area contributed by atoms with Gasteiger partial charge in [-0.15, -0.1) is 0 Å². The molecule has 2 aromatic rings. The molecule has 2 unspecified atom stereocenters. The lowest BCUT2D eigenvalue weighted by Crippen LogP contribution is -2.21. The van der Waals surface area contributed by atoms with Crippen molar-refractivity contribution in [1.82, 2.24) is 9.97 Å². The van der Waals surface area contributed by atoms with E-state index in [9.17, 15) is 4.79 Å². The van der Waals surface area contributed by atoms with E-state index in [1.807, 2.05) is 6.92 Å². The van der Waals surface area contributed by atoms with E-state index in [2.05, 4.69) is 41.2 Å². The molecular weight excluding hydrogens is 270 g/mol. The number of aromatic nitrogens is 2. The molecule has 5 heteroatoms. The molecule has 3 N–H and O–H groups in total. The first-order valence-corrected chi connectivity index (χ1v) is 7.54. The van der Waals surface area contributed by atoms with E-state index in [0.29, 0.717) is 5.16 Å². The summed E-state index contributed by atoms with van der Waals surface area (Å²) in [5.74, 6) is 0. The quantitative estimate of drug-likeness (QED) is 0.655. The Morgan fingerprint density at radius 2 is 2.00 bits per heavy atom. The Morgan fingerprint density at radius 1 is 1.30 bits per heavy atom. The van der Waals surface area contributed by atoms with Gasteiger partial charge in [0.05, 0.1) is 0 Å². The van der Waals surface area contributed by atoms with E-state index in [1.54, 1.807) is 0 Å². The van der Waals surface area contributed by atoms with E-state index in [0.717, 1.165) is 12.0 Å². The van der Waals surface area contributed by atoms with Crippen LogP contribution in [0.2, 0.25) is 0 Å². The van der Waals surface area contributed by atoms with Gasteiger partial charge in [-0.3, -0.25) is 4.79 Å². The Bertz CT molecular complexity index is 609. The number of benzene rings is 1. The SMILES string of the molecule is CCc1ccc(C(N)C(C)Sc2nccc(=O)[nH]2)cc1. The molecule has 2 atom stereocenters. The van der Waals surface area contributed by atoms with Crippen molar-refractivity contribution in [3.63, 3.8) is 0 Å². The fraction of sp³-hybridized carbons (Fsp3) is 0.333. The highest BCUT2D eigenvalue weighted by Crippen LogP contribution is 2.28. The lowest BCUT2D eigenvalue weighted by molar-refractivity contribution is 0.711. The maximum atomic E-state index is 11.2. The Morgan fingerprint density at radius 3 is 2.60 bits per heavy atom. The van der Waals surface area contributed by atoms with Gasteiger partial charge in [0.15, 0.2) is 5.16 Å². The van der Waals surface area contributed by atoms with Crippen molar-refractivity contribution in [2.75, 3.05) is 0 Å². The average Bonchev–Trinajstić information content (AvgIpc) is 2.46. The predicted molar refractivity (Wildman–Crippen MR) is 82.9 cm³/mol. The monoisotopic (exact) mass is 289 g/mol. The minimum absolute atomic E-state index is 0.101. The van der Waals surface area contributed by atoms with E-state index in [1.165, 1.54) is 29.6 Å². The predicted octanol–water partition coefficient (Wildman–Crippen LogP) is 2.51. The van der Waals surface area contributed by atoms with Gasteiger partial charge >= 0.3 is 0 Å². The minimum Gasteiger partial charge on any atom is -0.323 e. The van der Waals surface area contributed by atoms with E-state index in [-0.39, 0.29) is 16.9 Å². The fourth-order valence-corrected chi connectivity index (χ4v) is 2.84. The summed E-state index contributed by atoms with van der Waals surface area (Å²) in [5, 5.41) is 0.721. The van der Waals surface area contributed by atoms with Crippen molar-refractivity contribution >= 4 is 11.8 Å². The van der Waals surface area contributed by atoms with Crippen LogP contribution in [-0.4, -0.2) is 15.2 Å². The number of thioether (sulfide) groups is 1. The van der Waals surface area contributed by atoms with Crippen LogP contribution >= 0.6 is 11.8 Å². The molecule has 0 bridgehead atoms. The van der Waals surface area contributed by atoms with Crippen molar-refractivity contribution in [1.29, 1.82) is 0 Å². The van der Waals surface area contributed by atoms with Crippen molar-refractivity contribution in [2.24, 2.45) is 5.73 Å². The largest absolute Gasteiger partial charge is 0.323 e. The molecule has 1 aromatic heterocycles. The molecule has 0 fully saturated rings. The smallest absolute Gasteiger partial charge is 0.251 e. The maximum absolute atomic E-state index is 11.2. The first kappa shape index (κ1) is 14.8. The molecule has 2 rings (SSSR count). The summed E-state index contributed by atoms with van der Waals surface area (Å²) in [5.41, 5.74) is 8.53. The molecule has 0 aliphatic rings. The molecule has 0 saturated carbocycles. The number of hydrogen-bond donors (Lipinski definition) is 2. The van der Waals surface area contributed by atoms with Gasteiger partial charge in [0.25, 0.3) is 5.56 Å². The molecule has 0 amide bonds. The second kappa shape index (κ2) is 6.72. The summed E-state index contributed by atoms with van der Waals surface area (Å²) < 4.78 is 0. The summed E-state index contributed by atoms with van der Waals surface area (Å²) in [6, 6.07) is 9.66. The van der Waals surface area contributed by atoms with Crippen molar-refractivity contribution in [3.05, 3.63) is 58.0 Å². The molecule has 1 aromatic carbocycles. The van der Waals surface area contributed by atoms with Gasteiger partial charge in [-0.1, -0.05) is 49.9 Å². The molecule has 4 nitrogen and oxygen atoms in total. The zero-order valence-corrected chi connectivity index (χ0v) is 12.5. The number of nitrogens with two attached hydrogens (primary N) is 1. The average molecular weight is 289 g/mol. The van der Waals surface area contributed by atoms with Crippen LogP contribution in [-0.2, 0) is 6.42 Å². The van der Waals surface area contributed by atoms with Gasteiger partial charge in [0, 0.05) is 23.6 Å². The molecule has 0 aliphatic carbocycles. The van der Waals surface area contributed by atoms with Crippen LogP contribution in [0.1, 0.15) is 31.0 Å². The number of H-pyrrole nitrogens is 1. The van der Waals surface area contributed by atoms with Crippen LogP contribution in [0, 0.1) is 0 Å². The number of aryl methyl sites for hydroxylation is 1. The third-order valence-corrected chi connectivity index (χ3v) is 4.32. The molecule has 0 spiro atoms. The number of rotatable bonds is 5. The second-order valence-electron chi connectivity index (χ2n) is 4.68. The van der Waals surface area contributed by atoms with Crippen molar-refractivity contribution < 1.29 is 0 Å². The molecule has 0 saturated heterocycles. The van der Waals surface area contributed by atoms with Crippen LogP contribution < -0.4 is 11.3 Å². The zero-order chi connectivity index (χ0) is 14.5. The van der Waals surface area contributed by atoms with Crippen molar-refractivity contribution in [3.8, 4) is 0 Å². The lowest BCUT2D eigenvalue weighted by atomic mass is 10.0. The van der Waals surface area contributed by atoms with Gasteiger partial charge < -0.3 is 10.7 Å². The molecular formula is C15H19N3OS. The highest BCUT2D eigenvalue weighted by Gasteiger charge is 2.17. The van der Waals surface area contributed by atoms with E-state index >= 15 is 0 Å². The standard InChI is InChI=1S/C15H19N3OS/c1-3-11-4-6-12(7-5-11)14(16)10(2)20-15-17-9-8-13(19)18-15/h4-10,14H,3,16H2,1-2H3,(H,17,18,19). The van der Waals surface area contributed by atoms with Crippen LogP contribution in [0.15, 0.2) is 46.5 Å². The Kier molecular flexibility index (Phi) is 4.98. The molecule has 0 aliphatic heterocycles. The Hall–Kier alpha value is -1.59. The third kappa shape index (κ3) is 3.71. The van der Waals surface area contributed by atoms with Gasteiger partial charge in [-0.2, -0.15) is 0 Å². The normalized spacial score (nSPS) is 13.9. The third-order valence-electron chi connectivity index (χ3n) is 3.22. The summed E-state index contributed by atoms with van der Waals surface area (Å²) in [7, 11) is 0. The van der Waals surface area contributed by atoms with Crippen LogP contribution in [0.25, 0.3) is 0 Å². The molecule has 106 valence electrons. The van der Waals surface area contributed by atoms with E-state index < -0.39 is 0 Å². The van der Waals surface area contributed by atoms with Crippen LogP contribution in [0.5, 0.6) is 0 Å². The van der Waals surface area contributed by atoms with Gasteiger partial charge in [0.2, 0.25) is 0 Å². The zero-order valence-electron chi connectivity index (χ0n) is 11.7. The second-order valence-corrected chi connectivity index (χ2v) is 6.05. The van der Waals surface area contributed by atoms with E-state index in [4.69, 9.17) is 5.73 Å². The lowest BCUT2D eigenvalue weighted by Gasteiger charge is -2.19. The molecule has 0 radical (unpaired) electrons. The van der Waals surface area contributed by atoms with Gasteiger partial charge in [0.1, 0.15) is 0 Å². The van der Waals surface area contributed by atoms with Crippen LogP contribution in [0.4, 0.5) is 0 Å². The Balaban J connectivity index is 2.07. The summed E-state index contributed by atoms with van der Waals surface area (Å²) >= 11 is 1.48. The topological polar surface area (TPSA) is 71.8 Å². The van der Waals surface area contributed by atoms with Gasteiger partial charge in [-0.05, 0) is 17.5 Å². The highest BCUT2D eigenvalue weighted by atomic mass is 32.2. The van der Waals surface area contributed by atoms with Crippen molar-refractivity contribution in [2.45, 2.75) is 36.7 Å².